The van der Waals surface area contributed by atoms with Crippen molar-refractivity contribution in [2.24, 2.45) is 0 Å². The number of rotatable bonds is 1. The summed E-state index contributed by atoms with van der Waals surface area (Å²) >= 11 is 5.01. The van der Waals surface area contributed by atoms with E-state index in [9.17, 15) is 4.55 Å². The maximum Gasteiger partial charge on any atom is 0.180 e. The molecule has 0 fully saturated rings. The van der Waals surface area contributed by atoms with Gasteiger partial charge in [0.25, 0.3) is 0 Å². The maximum absolute atomic E-state index is 12.7. The van der Waals surface area contributed by atoms with Crippen molar-refractivity contribution in [3.8, 4) is 5.75 Å². The summed E-state index contributed by atoms with van der Waals surface area (Å²) in [5.74, 6) is 0.791. The zero-order valence-corrected chi connectivity index (χ0v) is 12.3. The Morgan fingerprint density at radius 1 is 1.26 bits per heavy atom. The third-order valence-corrected chi connectivity index (χ3v) is 5.53. The van der Waals surface area contributed by atoms with Gasteiger partial charge >= 0.3 is 0 Å². The quantitative estimate of drug-likeness (QED) is 0.750. The van der Waals surface area contributed by atoms with Gasteiger partial charge in [0, 0.05) is 28.7 Å². The van der Waals surface area contributed by atoms with E-state index < -0.39 is 11.2 Å². The van der Waals surface area contributed by atoms with E-state index in [-0.39, 0.29) is 0 Å². The van der Waals surface area contributed by atoms with E-state index in [0.717, 1.165) is 38.7 Å². The second-order valence-corrected chi connectivity index (χ2v) is 6.38. The highest BCUT2D eigenvalue weighted by molar-refractivity contribution is 7.91. The van der Waals surface area contributed by atoms with E-state index in [1.165, 1.54) is 0 Å². The highest BCUT2D eigenvalue weighted by Gasteiger charge is 2.32. The van der Waals surface area contributed by atoms with Gasteiger partial charge in [0.15, 0.2) is 9.79 Å². The number of methoxy groups -OCH3 is 1. The summed E-state index contributed by atoms with van der Waals surface area (Å²) in [5, 5.41) is 0.584. The molecule has 0 aromatic heterocycles. The van der Waals surface area contributed by atoms with Crippen LogP contribution in [0.2, 0.25) is 5.02 Å². The molecule has 3 rings (SSSR count). The van der Waals surface area contributed by atoms with E-state index >= 15 is 0 Å². The van der Waals surface area contributed by atoms with Crippen LogP contribution >= 0.6 is 11.6 Å². The van der Waals surface area contributed by atoms with Crippen molar-refractivity contribution >= 4 is 22.8 Å². The van der Waals surface area contributed by atoms with Crippen molar-refractivity contribution in [1.82, 2.24) is 0 Å². The van der Waals surface area contributed by atoms with Crippen LogP contribution in [0.3, 0.4) is 0 Å². The molecule has 1 atom stereocenters. The van der Waals surface area contributed by atoms with Crippen molar-refractivity contribution in [3.05, 3.63) is 52.0 Å². The summed E-state index contributed by atoms with van der Waals surface area (Å²) in [5.41, 5.74) is 3.25. The first kappa shape index (κ1) is 12.9. The molecule has 2 aromatic carbocycles. The molecule has 0 saturated carbocycles. The molecule has 2 nitrogen and oxygen atoms in total. The van der Waals surface area contributed by atoms with Crippen molar-refractivity contribution in [2.75, 3.05) is 7.11 Å². The van der Waals surface area contributed by atoms with Gasteiger partial charge in [-0.25, -0.2) is 0 Å². The molecule has 98 valence electrons. The van der Waals surface area contributed by atoms with Crippen LogP contribution < -0.4 is 4.74 Å². The van der Waals surface area contributed by atoms with E-state index in [1.807, 2.05) is 37.3 Å². The summed E-state index contributed by atoms with van der Waals surface area (Å²) in [6, 6.07) is 9.46. The average Bonchev–Trinajstić information content (AvgIpc) is 2.42. The van der Waals surface area contributed by atoms with Gasteiger partial charge in [-0.2, -0.15) is 0 Å². The first-order chi connectivity index (χ1) is 9.11. The van der Waals surface area contributed by atoms with Crippen LogP contribution in [0.4, 0.5) is 0 Å². The number of aryl methyl sites for hydroxylation is 1. The third-order valence-electron chi connectivity index (χ3n) is 3.47. The van der Waals surface area contributed by atoms with Crippen LogP contribution in [0.25, 0.3) is 0 Å². The van der Waals surface area contributed by atoms with Crippen molar-refractivity contribution in [3.63, 3.8) is 0 Å². The van der Waals surface area contributed by atoms with Crippen LogP contribution in [-0.2, 0) is 17.6 Å². The first-order valence-electron chi connectivity index (χ1n) is 5.98. The summed E-state index contributed by atoms with van der Waals surface area (Å²) in [7, 11) is 1.64. The molecule has 2 aromatic rings. The van der Waals surface area contributed by atoms with Gasteiger partial charge < -0.3 is 9.29 Å². The number of benzene rings is 2. The zero-order valence-electron chi connectivity index (χ0n) is 10.7. The smallest absolute Gasteiger partial charge is 0.180 e. The van der Waals surface area contributed by atoms with E-state index in [4.69, 9.17) is 16.3 Å². The predicted octanol–water partition coefficient (Wildman–Crippen LogP) is 3.73. The van der Waals surface area contributed by atoms with Crippen molar-refractivity contribution in [1.29, 1.82) is 0 Å². The standard InChI is InChI=1S/C15H13ClO2S/c1-9-3-5-13(16)15-12(9)8-10-7-11(18-2)4-6-14(10)19(15)17/h3-7H,8H2,1-2H3. The SMILES string of the molecule is COc1ccc2c(c1)Cc1c(C)ccc(Cl)c1[S+]2[O-]. The van der Waals surface area contributed by atoms with Gasteiger partial charge in [-0.15, -0.1) is 0 Å². The van der Waals surface area contributed by atoms with Gasteiger partial charge in [-0.3, -0.25) is 0 Å². The largest absolute Gasteiger partial charge is 0.606 e. The maximum atomic E-state index is 12.7. The number of ether oxygens (including phenoxy) is 1. The highest BCUT2D eigenvalue weighted by Crippen LogP contribution is 2.40. The molecule has 1 heterocycles. The Morgan fingerprint density at radius 3 is 2.79 bits per heavy atom. The monoisotopic (exact) mass is 292 g/mol. The number of hydrogen-bond acceptors (Lipinski definition) is 2. The number of halogens is 1. The molecule has 1 unspecified atom stereocenters. The fourth-order valence-electron chi connectivity index (χ4n) is 2.42. The van der Waals surface area contributed by atoms with Gasteiger partial charge in [0.1, 0.15) is 5.75 Å². The number of fused-ring (bicyclic) bond motifs is 2. The van der Waals surface area contributed by atoms with E-state index in [0.29, 0.717) is 5.02 Å². The fourth-order valence-corrected chi connectivity index (χ4v) is 4.29. The van der Waals surface area contributed by atoms with Crippen LogP contribution in [-0.4, -0.2) is 11.7 Å². The normalized spacial score (nSPS) is 16.7. The zero-order chi connectivity index (χ0) is 13.6. The Morgan fingerprint density at radius 2 is 2.05 bits per heavy atom. The van der Waals surface area contributed by atoms with Crippen LogP contribution in [0.15, 0.2) is 40.1 Å². The van der Waals surface area contributed by atoms with E-state index in [2.05, 4.69) is 0 Å². The molecule has 4 heteroatoms. The van der Waals surface area contributed by atoms with Gasteiger partial charge in [0.05, 0.1) is 12.1 Å². The van der Waals surface area contributed by atoms with Gasteiger partial charge in [-0.05, 0) is 36.8 Å². The molecule has 0 radical (unpaired) electrons. The molecule has 1 aliphatic heterocycles. The Bertz CT molecular complexity index is 655. The van der Waals surface area contributed by atoms with E-state index in [1.54, 1.807) is 7.11 Å². The molecular weight excluding hydrogens is 280 g/mol. The first-order valence-corrected chi connectivity index (χ1v) is 7.51. The van der Waals surface area contributed by atoms with Crippen molar-refractivity contribution < 1.29 is 9.29 Å². The molecule has 0 amide bonds. The molecular formula is C15H13ClO2S. The Hall–Kier alpha value is -1.16. The molecule has 0 spiro atoms. The molecule has 0 N–H and O–H groups in total. The average molecular weight is 293 g/mol. The fraction of sp³-hybridized carbons (Fsp3) is 0.200. The van der Waals surface area contributed by atoms with Crippen LogP contribution in [0, 0.1) is 6.92 Å². The second kappa shape index (κ2) is 4.75. The van der Waals surface area contributed by atoms with Crippen LogP contribution in [0.1, 0.15) is 16.7 Å². The number of hydrogen-bond donors (Lipinski definition) is 0. The minimum atomic E-state index is -1.21. The van der Waals surface area contributed by atoms with Crippen molar-refractivity contribution in [2.45, 2.75) is 23.1 Å². The lowest BCUT2D eigenvalue weighted by Crippen LogP contribution is -2.16. The van der Waals surface area contributed by atoms with Crippen LogP contribution in [0.5, 0.6) is 5.75 Å². The minimum absolute atomic E-state index is 0.584. The molecule has 0 bridgehead atoms. The van der Waals surface area contributed by atoms with Gasteiger partial charge in [-0.1, -0.05) is 17.7 Å². The highest BCUT2D eigenvalue weighted by atomic mass is 35.5. The molecule has 1 aliphatic rings. The second-order valence-electron chi connectivity index (χ2n) is 4.59. The molecule has 0 aliphatic carbocycles. The molecule has 19 heavy (non-hydrogen) atoms. The summed E-state index contributed by atoms with van der Waals surface area (Å²) in [4.78, 5) is 1.60. The lowest BCUT2D eigenvalue weighted by Gasteiger charge is -2.24. The van der Waals surface area contributed by atoms with Gasteiger partial charge in [0.2, 0.25) is 0 Å². The summed E-state index contributed by atoms with van der Waals surface area (Å²) < 4.78 is 17.9. The summed E-state index contributed by atoms with van der Waals surface area (Å²) in [6.07, 6.45) is 0.750. The Balaban J connectivity index is 2.19. The summed E-state index contributed by atoms with van der Waals surface area (Å²) in [6.45, 7) is 2.03. The topological polar surface area (TPSA) is 32.3 Å². The minimum Gasteiger partial charge on any atom is -0.606 e. The Labute approximate surface area is 120 Å². The predicted molar refractivity (Wildman–Crippen MR) is 76.7 cm³/mol. The molecule has 0 saturated heterocycles. The lowest BCUT2D eigenvalue weighted by atomic mass is 9.99. The lowest BCUT2D eigenvalue weighted by molar-refractivity contribution is 0.414. The third kappa shape index (κ3) is 2.02. The Kier molecular flexibility index (Phi) is 3.21.